The maximum Gasteiger partial charge on any atom is 0.337 e. The first-order valence-electron chi connectivity index (χ1n) is 5.20. The van der Waals surface area contributed by atoms with E-state index in [-0.39, 0.29) is 22.8 Å². The number of nitrogens with zero attached hydrogens (tertiary/aromatic N) is 1. The van der Waals surface area contributed by atoms with Crippen molar-refractivity contribution in [1.29, 1.82) is 0 Å². The lowest BCUT2D eigenvalue weighted by atomic mass is 10.2. The monoisotopic (exact) mass is 273 g/mol. The number of anilines is 2. The fourth-order valence-electron chi connectivity index (χ4n) is 1.34. The molecular weight excluding hydrogens is 258 g/mol. The first-order valence-corrected chi connectivity index (χ1v) is 7.26. The topological polar surface area (TPSA) is 122 Å². The van der Waals surface area contributed by atoms with Gasteiger partial charge in [0.05, 0.1) is 17.0 Å². The molecule has 0 unspecified atom stereocenters. The molecule has 0 fully saturated rings. The van der Waals surface area contributed by atoms with Crippen LogP contribution in [0.25, 0.3) is 0 Å². The second-order valence-electron chi connectivity index (χ2n) is 3.84. The predicted octanol–water partition coefficient (Wildman–Crippen LogP) is 0.209. The van der Waals surface area contributed by atoms with Gasteiger partial charge in [0, 0.05) is 19.0 Å². The van der Waals surface area contributed by atoms with Crippen molar-refractivity contribution in [3.8, 4) is 0 Å². The summed E-state index contributed by atoms with van der Waals surface area (Å²) in [7, 11) is -3.00. The molecule has 1 heterocycles. The molecule has 0 aliphatic heterocycles. The Hall–Kier alpha value is -1.83. The third kappa shape index (κ3) is 4.21. The van der Waals surface area contributed by atoms with Gasteiger partial charge in [0.2, 0.25) is 0 Å². The fourth-order valence-corrected chi connectivity index (χ4v) is 2.01. The number of rotatable bonds is 6. The van der Waals surface area contributed by atoms with Crippen LogP contribution in [0.1, 0.15) is 16.8 Å². The minimum atomic E-state index is -3.00. The molecule has 0 bridgehead atoms. The van der Waals surface area contributed by atoms with Gasteiger partial charge in [0.25, 0.3) is 0 Å². The standard InChI is InChI=1S/C10H15N3O4S/c1-18(16,17)6-2-4-12-9-8(11)7(10(14)15)3-5-13-9/h3,5H,2,4,6,11H2,1H3,(H,12,13)(H,14,15). The quantitative estimate of drug-likeness (QED) is 0.633. The number of aromatic carboxylic acids is 1. The average Bonchev–Trinajstić information content (AvgIpc) is 2.24. The highest BCUT2D eigenvalue weighted by molar-refractivity contribution is 7.90. The van der Waals surface area contributed by atoms with E-state index in [9.17, 15) is 13.2 Å². The molecule has 0 saturated carbocycles. The van der Waals surface area contributed by atoms with Crippen LogP contribution < -0.4 is 11.1 Å². The van der Waals surface area contributed by atoms with E-state index >= 15 is 0 Å². The van der Waals surface area contributed by atoms with Gasteiger partial charge in [-0.15, -0.1) is 0 Å². The number of nitrogen functional groups attached to an aromatic ring is 1. The van der Waals surface area contributed by atoms with Crippen molar-refractivity contribution in [3.05, 3.63) is 17.8 Å². The van der Waals surface area contributed by atoms with E-state index in [1.165, 1.54) is 12.3 Å². The maximum atomic E-state index is 10.9. The molecule has 0 aromatic carbocycles. The molecule has 0 amide bonds. The van der Waals surface area contributed by atoms with Crippen molar-refractivity contribution < 1.29 is 18.3 Å². The zero-order valence-corrected chi connectivity index (χ0v) is 10.7. The van der Waals surface area contributed by atoms with E-state index in [1.807, 2.05) is 0 Å². The normalized spacial score (nSPS) is 11.2. The van der Waals surface area contributed by atoms with Gasteiger partial charge in [0.15, 0.2) is 0 Å². The maximum absolute atomic E-state index is 10.9. The summed E-state index contributed by atoms with van der Waals surface area (Å²) >= 11 is 0. The third-order valence-electron chi connectivity index (χ3n) is 2.20. The molecule has 0 aliphatic carbocycles. The SMILES string of the molecule is CS(=O)(=O)CCCNc1nccc(C(=O)O)c1N. The molecule has 8 heteroatoms. The third-order valence-corrected chi connectivity index (χ3v) is 3.24. The van der Waals surface area contributed by atoms with Crippen LogP contribution in [0, 0.1) is 0 Å². The number of hydrogen-bond donors (Lipinski definition) is 3. The van der Waals surface area contributed by atoms with E-state index in [2.05, 4.69) is 10.3 Å². The van der Waals surface area contributed by atoms with Gasteiger partial charge in [-0.3, -0.25) is 0 Å². The first kappa shape index (κ1) is 14.2. The van der Waals surface area contributed by atoms with Crippen LogP contribution in [-0.4, -0.2) is 43.0 Å². The largest absolute Gasteiger partial charge is 0.478 e. The Balaban J connectivity index is 2.63. The van der Waals surface area contributed by atoms with E-state index < -0.39 is 15.8 Å². The lowest BCUT2D eigenvalue weighted by Gasteiger charge is -2.09. The van der Waals surface area contributed by atoms with Crippen molar-refractivity contribution in [1.82, 2.24) is 4.98 Å². The highest BCUT2D eigenvalue weighted by atomic mass is 32.2. The Bertz CT molecular complexity index is 542. The summed E-state index contributed by atoms with van der Waals surface area (Å²) in [5.41, 5.74) is 5.64. The van der Waals surface area contributed by atoms with Crippen molar-refractivity contribution in [3.63, 3.8) is 0 Å². The Labute approximate surface area is 105 Å². The summed E-state index contributed by atoms with van der Waals surface area (Å²) in [5.74, 6) is -0.823. The van der Waals surface area contributed by atoms with Crippen LogP contribution in [0.5, 0.6) is 0 Å². The molecule has 0 saturated heterocycles. The number of pyridine rings is 1. The van der Waals surface area contributed by atoms with Crippen LogP contribution in [0.4, 0.5) is 11.5 Å². The minimum Gasteiger partial charge on any atom is -0.478 e. The smallest absolute Gasteiger partial charge is 0.337 e. The summed E-state index contributed by atoms with van der Waals surface area (Å²) in [4.78, 5) is 14.7. The number of carboxylic acids is 1. The minimum absolute atomic E-state index is 0.0318. The van der Waals surface area contributed by atoms with Gasteiger partial charge in [-0.1, -0.05) is 0 Å². The van der Waals surface area contributed by atoms with Gasteiger partial charge in [-0.05, 0) is 12.5 Å². The molecule has 100 valence electrons. The predicted molar refractivity (Wildman–Crippen MR) is 68.4 cm³/mol. The molecule has 0 atom stereocenters. The Morgan fingerprint density at radius 3 is 2.78 bits per heavy atom. The highest BCUT2D eigenvalue weighted by Crippen LogP contribution is 2.19. The number of hydrogen-bond acceptors (Lipinski definition) is 6. The van der Waals surface area contributed by atoms with E-state index in [0.717, 1.165) is 6.26 Å². The van der Waals surface area contributed by atoms with Crippen LogP contribution in [0.15, 0.2) is 12.3 Å². The van der Waals surface area contributed by atoms with Crippen molar-refractivity contribution in [2.75, 3.05) is 29.6 Å². The zero-order valence-electron chi connectivity index (χ0n) is 9.88. The molecule has 0 spiro atoms. The Morgan fingerprint density at radius 2 is 2.22 bits per heavy atom. The number of sulfone groups is 1. The molecule has 1 aromatic heterocycles. The van der Waals surface area contributed by atoms with Crippen LogP contribution in [0.3, 0.4) is 0 Å². The number of aromatic nitrogens is 1. The summed E-state index contributed by atoms with van der Waals surface area (Å²) in [5, 5.41) is 11.7. The number of nitrogens with two attached hydrogens (primary N) is 1. The summed E-state index contributed by atoms with van der Waals surface area (Å²) < 4.78 is 21.8. The Morgan fingerprint density at radius 1 is 1.56 bits per heavy atom. The molecule has 0 aliphatic rings. The molecule has 1 aromatic rings. The number of carboxylic acid groups (broad SMARTS) is 1. The van der Waals surface area contributed by atoms with E-state index in [4.69, 9.17) is 10.8 Å². The summed E-state index contributed by atoms with van der Waals surface area (Å²) in [6.07, 6.45) is 2.89. The molecule has 4 N–H and O–H groups in total. The second-order valence-corrected chi connectivity index (χ2v) is 6.10. The van der Waals surface area contributed by atoms with Crippen LogP contribution >= 0.6 is 0 Å². The molecule has 1 rings (SSSR count). The Kier molecular flexibility index (Phi) is 4.49. The average molecular weight is 273 g/mol. The zero-order chi connectivity index (χ0) is 13.8. The summed E-state index contributed by atoms with van der Waals surface area (Å²) in [6, 6.07) is 1.30. The van der Waals surface area contributed by atoms with E-state index in [1.54, 1.807) is 0 Å². The number of carbonyl (C=O) groups is 1. The molecule has 0 radical (unpaired) electrons. The van der Waals surface area contributed by atoms with Gasteiger partial charge in [-0.25, -0.2) is 18.2 Å². The second kappa shape index (κ2) is 5.67. The van der Waals surface area contributed by atoms with Crippen LogP contribution in [-0.2, 0) is 9.84 Å². The van der Waals surface area contributed by atoms with Crippen molar-refractivity contribution >= 4 is 27.3 Å². The van der Waals surface area contributed by atoms with Crippen molar-refractivity contribution in [2.24, 2.45) is 0 Å². The highest BCUT2D eigenvalue weighted by Gasteiger charge is 2.11. The molecular formula is C10H15N3O4S. The van der Waals surface area contributed by atoms with Gasteiger partial charge in [-0.2, -0.15) is 0 Å². The number of nitrogens with one attached hydrogen (secondary N) is 1. The van der Waals surface area contributed by atoms with Gasteiger partial charge < -0.3 is 16.2 Å². The first-order chi connectivity index (χ1) is 8.31. The molecule has 18 heavy (non-hydrogen) atoms. The summed E-state index contributed by atoms with van der Waals surface area (Å²) in [6.45, 7) is 0.355. The van der Waals surface area contributed by atoms with Crippen LogP contribution in [0.2, 0.25) is 0 Å². The fraction of sp³-hybridized carbons (Fsp3) is 0.400. The van der Waals surface area contributed by atoms with E-state index in [0.29, 0.717) is 13.0 Å². The van der Waals surface area contributed by atoms with Gasteiger partial charge in [0.1, 0.15) is 15.7 Å². The molecule has 7 nitrogen and oxygen atoms in total. The lowest BCUT2D eigenvalue weighted by molar-refractivity contribution is 0.0698. The lowest BCUT2D eigenvalue weighted by Crippen LogP contribution is -2.13. The van der Waals surface area contributed by atoms with Gasteiger partial charge >= 0.3 is 5.97 Å². The van der Waals surface area contributed by atoms with Crippen molar-refractivity contribution in [2.45, 2.75) is 6.42 Å².